The van der Waals surface area contributed by atoms with Crippen LogP contribution in [0.2, 0.25) is 0 Å². The van der Waals surface area contributed by atoms with Crippen molar-refractivity contribution >= 4 is 0 Å². The van der Waals surface area contributed by atoms with Crippen molar-refractivity contribution in [3.63, 3.8) is 0 Å². The van der Waals surface area contributed by atoms with Crippen LogP contribution < -0.4 is 0 Å². The normalized spacial score (nSPS) is 12.8. The van der Waals surface area contributed by atoms with E-state index in [2.05, 4.69) is 6.92 Å². The van der Waals surface area contributed by atoms with E-state index in [9.17, 15) is 5.11 Å². The minimum absolute atomic E-state index is 0.0608. The molecule has 2 N–H and O–H groups in total. The summed E-state index contributed by atoms with van der Waals surface area (Å²) in [7, 11) is 0. The smallest absolute Gasteiger partial charge is 0.0790 e. The number of unbranched alkanes of at least 4 members (excludes halogenated alkanes) is 1. The fourth-order valence-electron chi connectivity index (χ4n) is 1.41. The first-order chi connectivity index (χ1) is 6.77. The number of aliphatic hydroxyl groups excluding tert-OH is 2. The van der Waals surface area contributed by atoms with E-state index in [0.29, 0.717) is 0 Å². The molecule has 0 fully saturated rings. The molecule has 0 aliphatic carbocycles. The summed E-state index contributed by atoms with van der Waals surface area (Å²) >= 11 is 0. The lowest BCUT2D eigenvalue weighted by Gasteiger charge is -2.10. The predicted octanol–water partition coefficient (Wildman–Crippen LogP) is 2.40. The van der Waals surface area contributed by atoms with Crippen LogP contribution in [-0.2, 0) is 6.61 Å². The van der Waals surface area contributed by atoms with E-state index < -0.39 is 0 Å². The molecule has 0 radical (unpaired) electrons. The molecule has 0 saturated carbocycles. The second-order valence-corrected chi connectivity index (χ2v) is 3.56. The van der Waals surface area contributed by atoms with Gasteiger partial charge in [-0.1, -0.05) is 44.0 Å². The van der Waals surface area contributed by atoms with Crippen molar-refractivity contribution in [1.82, 2.24) is 0 Å². The molecule has 1 rings (SSSR count). The van der Waals surface area contributed by atoms with Crippen molar-refractivity contribution in [2.24, 2.45) is 0 Å². The molecule has 0 amide bonds. The van der Waals surface area contributed by atoms with Gasteiger partial charge in [0, 0.05) is 0 Å². The van der Waals surface area contributed by atoms with Crippen molar-refractivity contribution < 1.29 is 10.2 Å². The Hall–Kier alpha value is -0.860. The highest BCUT2D eigenvalue weighted by Gasteiger charge is 2.05. The largest absolute Gasteiger partial charge is 0.392 e. The van der Waals surface area contributed by atoms with Crippen LogP contribution in [0, 0.1) is 0 Å². The molecule has 0 bridgehead atoms. The Bertz CT molecular complexity index is 254. The summed E-state index contributed by atoms with van der Waals surface area (Å²) in [5, 5.41) is 18.6. The number of hydrogen-bond acceptors (Lipinski definition) is 2. The third-order valence-corrected chi connectivity index (χ3v) is 2.38. The van der Waals surface area contributed by atoms with Gasteiger partial charge >= 0.3 is 0 Å². The molecule has 0 aromatic heterocycles. The lowest BCUT2D eigenvalue weighted by molar-refractivity contribution is 0.164. The van der Waals surface area contributed by atoms with E-state index in [-0.39, 0.29) is 12.7 Å². The van der Waals surface area contributed by atoms with Crippen LogP contribution in [-0.4, -0.2) is 10.2 Å². The lowest BCUT2D eigenvalue weighted by Crippen LogP contribution is -1.97. The first-order valence-corrected chi connectivity index (χ1v) is 5.15. The molecule has 0 saturated heterocycles. The third-order valence-electron chi connectivity index (χ3n) is 2.38. The highest BCUT2D eigenvalue weighted by molar-refractivity contribution is 5.23. The number of hydrogen-bond donors (Lipinski definition) is 2. The molecule has 1 aromatic rings. The van der Waals surface area contributed by atoms with Gasteiger partial charge in [-0.15, -0.1) is 0 Å². The molecule has 0 aliphatic heterocycles. The van der Waals surface area contributed by atoms with Crippen molar-refractivity contribution in [2.75, 3.05) is 0 Å². The van der Waals surface area contributed by atoms with E-state index in [4.69, 9.17) is 5.11 Å². The minimum Gasteiger partial charge on any atom is -0.392 e. The van der Waals surface area contributed by atoms with Gasteiger partial charge in [-0.3, -0.25) is 0 Å². The molecule has 0 aliphatic rings. The van der Waals surface area contributed by atoms with Crippen molar-refractivity contribution in [3.05, 3.63) is 35.4 Å². The molecule has 1 atom stereocenters. The molecule has 78 valence electrons. The molecular weight excluding hydrogens is 176 g/mol. The van der Waals surface area contributed by atoms with Gasteiger partial charge in [-0.05, 0) is 17.5 Å². The van der Waals surface area contributed by atoms with Gasteiger partial charge in [-0.25, -0.2) is 0 Å². The lowest BCUT2D eigenvalue weighted by atomic mass is 10.0. The topological polar surface area (TPSA) is 40.5 Å². The monoisotopic (exact) mass is 194 g/mol. The van der Waals surface area contributed by atoms with Crippen molar-refractivity contribution in [1.29, 1.82) is 0 Å². The zero-order valence-corrected chi connectivity index (χ0v) is 8.61. The Morgan fingerprint density at radius 1 is 1.21 bits per heavy atom. The summed E-state index contributed by atoms with van der Waals surface area (Å²) in [6, 6.07) is 7.47. The second-order valence-electron chi connectivity index (χ2n) is 3.56. The Kier molecular flexibility index (Phi) is 4.63. The van der Waals surface area contributed by atoms with Gasteiger partial charge in [0.15, 0.2) is 0 Å². The van der Waals surface area contributed by atoms with E-state index in [1.54, 1.807) is 0 Å². The fourth-order valence-corrected chi connectivity index (χ4v) is 1.41. The molecule has 0 heterocycles. The molecular formula is C12H18O2. The third kappa shape index (κ3) is 3.13. The highest BCUT2D eigenvalue weighted by Crippen LogP contribution is 2.19. The maximum atomic E-state index is 9.75. The minimum atomic E-state index is -0.359. The zero-order valence-electron chi connectivity index (χ0n) is 8.61. The van der Waals surface area contributed by atoms with Crippen LogP contribution in [0.4, 0.5) is 0 Å². The maximum Gasteiger partial charge on any atom is 0.0790 e. The van der Waals surface area contributed by atoms with Gasteiger partial charge in [0.2, 0.25) is 0 Å². The highest BCUT2D eigenvalue weighted by atomic mass is 16.3. The average Bonchev–Trinajstić information content (AvgIpc) is 2.26. The molecule has 1 aromatic carbocycles. The predicted molar refractivity (Wildman–Crippen MR) is 56.8 cm³/mol. The maximum absolute atomic E-state index is 9.75. The van der Waals surface area contributed by atoms with Crippen LogP contribution in [0.3, 0.4) is 0 Å². The molecule has 2 heteroatoms. The van der Waals surface area contributed by atoms with Crippen LogP contribution in [0.25, 0.3) is 0 Å². The second kappa shape index (κ2) is 5.78. The Morgan fingerprint density at radius 2 is 1.86 bits per heavy atom. The molecule has 14 heavy (non-hydrogen) atoms. The van der Waals surface area contributed by atoms with Crippen molar-refractivity contribution in [2.45, 2.75) is 38.9 Å². The van der Waals surface area contributed by atoms with Gasteiger partial charge in [0.25, 0.3) is 0 Å². The number of benzene rings is 1. The van der Waals surface area contributed by atoms with Gasteiger partial charge in [0.05, 0.1) is 12.7 Å². The summed E-state index contributed by atoms with van der Waals surface area (Å²) in [5.41, 5.74) is 1.83. The van der Waals surface area contributed by atoms with Gasteiger partial charge in [-0.2, -0.15) is 0 Å². The van der Waals surface area contributed by atoms with Crippen LogP contribution in [0.15, 0.2) is 24.3 Å². The van der Waals surface area contributed by atoms with Crippen LogP contribution >= 0.6 is 0 Å². The van der Waals surface area contributed by atoms with E-state index in [1.165, 1.54) is 0 Å². The summed E-state index contributed by atoms with van der Waals surface area (Å²) < 4.78 is 0. The summed E-state index contributed by atoms with van der Waals surface area (Å²) in [4.78, 5) is 0. The van der Waals surface area contributed by atoms with Gasteiger partial charge in [0.1, 0.15) is 0 Å². The molecule has 1 unspecified atom stereocenters. The summed E-state index contributed by atoms with van der Waals surface area (Å²) in [5.74, 6) is 0. The van der Waals surface area contributed by atoms with E-state index >= 15 is 0 Å². The van der Waals surface area contributed by atoms with Crippen LogP contribution in [0.1, 0.15) is 43.4 Å². The number of aliphatic hydroxyl groups is 2. The summed E-state index contributed by atoms with van der Waals surface area (Å²) in [6.07, 6.45) is 2.60. The SMILES string of the molecule is CCCCC(O)c1ccc(CO)cc1. The quantitative estimate of drug-likeness (QED) is 0.755. The molecule has 0 spiro atoms. The first-order valence-electron chi connectivity index (χ1n) is 5.15. The number of rotatable bonds is 5. The fraction of sp³-hybridized carbons (Fsp3) is 0.500. The first kappa shape index (κ1) is 11.2. The standard InChI is InChI=1S/C12H18O2/c1-2-3-4-12(14)11-7-5-10(9-13)6-8-11/h5-8,12-14H,2-4,9H2,1H3. The van der Waals surface area contributed by atoms with E-state index in [1.807, 2.05) is 24.3 Å². The van der Waals surface area contributed by atoms with Gasteiger partial charge < -0.3 is 10.2 Å². The Morgan fingerprint density at radius 3 is 2.36 bits per heavy atom. The Balaban J connectivity index is 2.57. The summed E-state index contributed by atoms with van der Waals surface area (Å²) in [6.45, 7) is 2.17. The van der Waals surface area contributed by atoms with Crippen molar-refractivity contribution in [3.8, 4) is 0 Å². The zero-order chi connectivity index (χ0) is 10.4. The van der Waals surface area contributed by atoms with Crippen LogP contribution in [0.5, 0.6) is 0 Å². The Labute approximate surface area is 85.2 Å². The molecule has 2 nitrogen and oxygen atoms in total. The van der Waals surface area contributed by atoms with E-state index in [0.717, 1.165) is 30.4 Å². The average molecular weight is 194 g/mol.